The molecule has 2 rings (SSSR count). The highest BCUT2D eigenvalue weighted by atomic mass is 28.3. The van der Waals surface area contributed by atoms with Gasteiger partial charge in [-0.3, -0.25) is 4.79 Å². The predicted molar refractivity (Wildman–Crippen MR) is 132 cm³/mol. The Morgan fingerprint density at radius 1 is 0.967 bits per heavy atom. The third-order valence-corrected chi connectivity index (χ3v) is 12.5. The van der Waals surface area contributed by atoms with E-state index in [9.17, 15) is 4.79 Å². The molecule has 0 aliphatic heterocycles. The molecule has 0 radical (unpaired) electrons. The van der Waals surface area contributed by atoms with E-state index in [1.54, 1.807) is 0 Å². The van der Waals surface area contributed by atoms with Gasteiger partial charge in [-0.15, -0.1) is 5.54 Å². The van der Waals surface area contributed by atoms with Gasteiger partial charge in [-0.25, -0.2) is 0 Å². The van der Waals surface area contributed by atoms with Crippen molar-refractivity contribution in [3.63, 3.8) is 0 Å². The van der Waals surface area contributed by atoms with Crippen LogP contribution in [0.1, 0.15) is 73.4 Å². The van der Waals surface area contributed by atoms with Crippen LogP contribution in [-0.4, -0.2) is 14.0 Å². The summed E-state index contributed by atoms with van der Waals surface area (Å²) in [5.74, 6) is 3.95. The first-order valence-corrected chi connectivity index (χ1v) is 13.3. The highest BCUT2D eigenvalue weighted by Gasteiger charge is 2.41. The van der Waals surface area contributed by atoms with Gasteiger partial charge >= 0.3 is 5.97 Å². The summed E-state index contributed by atoms with van der Waals surface area (Å²) >= 11 is 0. The molecule has 0 atom stereocenters. The third kappa shape index (κ3) is 4.81. The Bertz CT molecular complexity index is 960. The largest absolute Gasteiger partial charge is 0.425 e. The molecule has 0 aliphatic carbocycles. The van der Waals surface area contributed by atoms with Crippen molar-refractivity contribution in [3.8, 4) is 17.2 Å². The van der Waals surface area contributed by atoms with E-state index in [4.69, 9.17) is 4.74 Å². The van der Waals surface area contributed by atoms with E-state index in [2.05, 4.69) is 71.2 Å². The molecular weight excluding hydrogens is 384 g/mol. The zero-order valence-electron chi connectivity index (χ0n) is 20.4. The van der Waals surface area contributed by atoms with Gasteiger partial charge in [-0.1, -0.05) is 65.7 Å². The van der Waals surface area contributed by atoms with Gasteiger partial charge in [0.25, 0.3) is 0 Å². The maximum Gasteiger partial charge on any atom is 0.316 e. The summed E-state index contributed by atoms with van der Waals surface area (Å²) in [6, 6.07) is 10.3. The van der Waals surface area contributed by atoms with Gasteiger partial charge in [-0.2, -0.15) is 0 Å². The van der Waals surface area contributed by atoms with E-state index in [1.165, 1.54) is 0 Å². The summed E-state index contributed by atoms with van der Waals surface area (Å²) in [5, 5.41) is 2.00. The van der Waals surface area contributed by atoms with Crippen molar-refractivity contribution < 1.29 is 9.53 Å². The van der Waals surface area contributed by atoms with Crippen LogP contribution >= 0.6 is 0 Å². The van der Waals surface area contributed by atoms with E-state index in [0.29, 0.717) is 22.4 Å². The third-order valence-electron chi connectivity index (χ3n) is 6.18. The zero-order chi connectivity index (χ0) is 22.9. The number of aryl methyl sites for hydroxylation is 1. The molecule has 0 unspecified atom stereocenters. The van der Waals surface area contributed by atoms with Gasteiger partial charge in [-0.05, 0) is 67.4 Å². The predicted octanol–water partition coefficient (Wildman–Crippen LogP) is 7.67. The van der Waals surface area contributed by atoms with Crippen LogP contribution in [0.25, 0.3) is 10.8 Å². The van der Waals surface area contributed by atoms with Crippen LogP contribution < -0.4 is 4.74 Å². The summed E-state index contributed by atoms with van der Waals surface area (Å²) in [6.45, 7) is 21.6. The standard InChI is InChI=1S/C27H38O2Si/c1-18(2)30(19(3)4,20(5)6)15-14-22-12-11-13-23-16-21(7)17-24(25(22)23)29-26(28)27(8,9)10/h11-13,16-20H,1-10H3. The Labute approximate surface area is 184 Å². The number of carbonyl (C=O) groups excluding carboxylic acids is 1. The highest BCUT2D eigenvalue weighted by Crippen LogP contribution is 2.41. The first-order chi connectivity index (χ1) is 13.8. The van der Waals surface area contributed by atoms with Gasteiger partial charge in [0, 0.05) is 10.9 Å². The van der Waals surface area contributed by atoms with Gasteiger partial charge < -0.3 is 4.74 Å². The lowest BCUT2D eigenvalue weighted by Gasteiger charge is -2.38. The van der Waals surface area contributed by atoms with Crippen LogP contribution in [0.4, 0.5) is 0 Å². The fraction of sp³-hybridized carbons (Fsp3) is 0.519. The lowest BCUT2D eigenvalue weighted by molar-refractivity contribution is -0.142. The minimum absolute atomic E-state index is 0.229. The molecule has 0 fully saturated rings. The van der Waals surface area contributed by atoms with Crippen LogP contribution in [0.5, 0.6) is 5.75 Å². The van der Waals surface area contributed by atoms with E-state index in [1.807, 2.05) is 39.8 Å². The van der Waals surface area contributed by atoms with Gasteiger partial charge in [0.15, 0.2) is 0 Å². The second-order valence-electron chi connectivity index (χ2n) is 10.5. The number of rotatable bonds is 4. The lowest BCUT2D eigenvalue weighted by Crippen LogP contribution is -2.43. The molecule has 0 bridgehead atoms. The molecule has 0 aliphatic rings. The van der Waals surface area contributed by atoms with E-state index in [0.717, 1.165) is 21.9 Å². The first-order valence-electron chi connectivity index (χ1n) is 11.1. The fourth-order valence-corrected chi connectivity index (χ4v) is 9.79. The number of carbonyl (C=O) groups is 1. The molecule has 2 nitrogen and oxygen atoms in total. The van der Waals surface area contributed by atoms with Crippen molar-refractivity contribution in [1.29, 1.82) is 0 Å². The number of hydrogen-bond donors (Lipinski definition) is 0. The second kappa shape index (κ2) is 8.98. The Morgan fingerprint density at radius 3 is 2.03 bits per heavy atom. The Morgan fingerprint density at radius 2 is 1.53 bits per heavy atom. The highest BCUT2D eigenvalue weighted by molar-refractivity contribution is 6.90. The SMILES string of the molecule is Cc1cc(OC(=O)C(C)(C)C)c2c(C#C[Si](C(C)C)(C(C)C)C(C)C)cccc2c1. The monoisotopic (exact) mass is 422 g/mol. The Hall–Kier alpha value is -2.05. The fourth-order valence-electron chi connectivity index (χ4n) is 4.58. The molecule has 0 spiro atoms. The van der Waals surface area contributed by atoms with Crippen LogP contribution in [-0.2, 0) is 4.79 Å². The number of ether oxygens (including phenoxy) is 1. The molecular formula is C27H38O2Si. The molecule has 0 heterocycles. The summed E-state index contributed by atoms with van der Waals surface area (Å²) < 4.78 is 5.89. The zero-order valence-corrected chi connectivity index (χ0v) is 21.4. The quantitative estimate of drug-likeness (QED) is 0.219. The average Bonchev–Trinajstić information content (AvgIpc) is 2.60. The summed E-state index contributed by atoms with van der Waals surface area (Å²) in [6.07, 6.45) is 0. The molecule has 0 aromatic heterocycles. The van der Waals surface area contributed by atoms with E-state index < -0.39 is 13.5 Å². The molecule has 0 amide bonds. The smallest absolute Gasteiger partial charge is 0.316 e. The minimum atomic E-state index is -1.86. The maximum atomic E-state index is 12.6. The van der Waals surface area contributed by atoms with E-state index in [-0.39, 0.29) is 5.97 Å². The average molecular weight is 423 g/mol. The summed E-state index contributed by atoms with van der Waals surface area (Å²) in [5.41, 5.74) is 6.98. The number of hydrogen-bond acceptors (Lipinski definition) is 2. The molecule has 0 N–H and O–H groups in total. The molecule has 162 valence electrons. The van der Waals surface area contributed by atoms with Gasteiger partial charge in [0.05, 0.1) is 5.41 Å². The van der Waals surface area contributed by atoms with E-state index >= 15 is 0 Å². The molecule has 0 saturated heterocycles. The molecule has 2 aromatic carbocycles. The topological polar surface area (TPSA) is 26.3 Å². The van der Waals surface area contributed by atoms with Crippen LogP contribution in [0, 0.1) is 23.8 Å². The van der Waals surface area contributed by atoms with Gasteiger partial charge in [0.1, 0.15) is 13.8 Å². The molecule has 2 aromatic rings. The number of fused-ring (bicyclic) bond motifs is 1. The van der Waals surface area contributed by atoms with Crippen LogP contribution in [0.15, 0.2) is 30.3 Å². The van der Waals surface area contributed by atoms with Crippen molar-refractivity contribution in [1.82, 2.24) is 0 Å². The number of benzene rings is 2. The summed E-state index contributed by atoms with van der Waals surface area (Å²) in [4.78, 5) is 12.6. The first kappa shape index (κ1) is 24.2. The van der Waals surface area contributed by atoms with Crippen molar-refractivity contribution >= 4 is 24.8 Å². The van der Waals surface area contributed by atoms with Crippen LogP contribution in [0.3, 0.4) is 0 Å². The van der Waals surface area contributed by atoms with Crippen LogP contribution in [0.2, 0.25) is 16.6 Å². The molecule has 3 heteroatoms. The maximum absolute atomic E-state index is 12.6. The Kier molecular flexibility index (Phi) is 7.25. The second-order valence-corrected chi connectivity index (χ2v) is 16.0. The van der Waals surface area contributed by atoms with Gasteiger partial charge in [0.2, 0.25) is 0 Å². The normalized spacial score (nSPS) is 12.4. The minimum Gasteiger partial charge on any atom is -0.425 e. The Balaban J connectivity index is 2.73. The van der Waals surface area contributed by atoms with Crippen molar-refractivity contribution in [2.75, 3.05) is 0 Å². The summed E-state index contributed by atoms with van der Waals surface area (Å²) in [7, 11) is -1.86. The van der Waals surface area contributed by atoms with Crippen molar-refractivity contribution in [2.24, 2.45) is 5.41 Å². The molecule has 0 saturated carbocycles. The van der Waals surface area contributed by atoms with Crippen molar-refractivity contribution in [2.45, 2.75) is 85.9 Å². The molecule has 30 heavy (non-hydrogen) atoms. The number of esters is 1. The lowest BCUT2D eigenvalue weighted by atomic mass is 9.97. The van der Waals surface area contributed by atoms with Crippen molar-refractivity contribution in [3.05, 3.63) is 41.5 Å².